The Labute approximate surface area is 178 Å². The quantitative estimate of drug-likeness (QED) is 0.432. The van der Waals surface area contributed by atoms with Gasteiger partial charge < -0.3 is 9.30 Å². The predicted molar refractivity (Wildman–Crippen MR) is 117 cm³/mol. The highest BCUT2D eigenvalue weighted by atomic mass is 32.1. The number of hydrogen-bond donors (Lipinski definition) is 0. The van der Waals surface area contributed by atoms with E-state index >= 15 is 0 Å². The van der Waals surface area contributed by atoms with E-state index in [2.05, 4.69) is 33.9 Å². The van der Waals surface area contributed by atoms with Gasteiger partial charge in [0.15, 0.2) is 0 Å². The molecule has 3 heterocycles. The standard InChI is InChI=1S/C24H20FN3OS/c25-22-3-1-2-18(12-22)13-24(15-28-10-9-26-17-28)16-29-23(27-24)20-6-4-19(5-7-20)21-8-11-30-14-21/h1-12,14,17H,13,15-16H2. The minimum atomic E-state index is -0.518. The second-order valence-electron chi connectivity index (χ2n) is 7.56. The second kappa shape index (κ2) is 7.88. The third kappa shape index (κ3) is 3.91. The van der Waals surface area contributed by atoms with Gasteiger partial charge in [-0.3, -0.25) is 0 Å². The molecular formula is C24H20FN3OS. The number of halogens is 1. The van der Waals surface area contributed by atoms with E-state index in [0.717, 1.165) is 11.1 Å². The lowest BCUT2D eigenvalue weighted by Crippen LogP contribution is -2.36. The molecule has 0 spiro atoms. The van der Waals surface area contributed by atoms with Crippen LogP contribution in [0.2, 0.25) is 0 Å². The molecule has 4 nitrogen and oxygen atoms in total. The van der Waals surface area contributed by atoms with Crippen molar-refractivity contribution in [1.29, 1.82) is 0 Å². The number of hydrogen-bond acceptors (Lipinski definition) is 4. The van der Waals surface area contributed by atoms with Crippen LogP contribution in [0.15, 0.2) is 89.1 Å². The maximum Gasteiger partial charge on any atom is 0.216 e. The van der Waals surface area contributed by atoms with Gasteiger partial charge in [-0.2, -0.15) is 11.3 Å². The summed E-state index contributed by atoms with van der Waals surface area (Å²) in [5, 5.41) is 4.21. The van der Waals surface area contributed by atoms with Crippen molar-refractivity contribution in [3.05, 3.63) is 101 Å². The van der Waals surface area contributed by atoms with E-state index in [0.29, 0.717) is 25.5 Å². The fourth-order valence-corrected chi connectivity index (χ4v) is 4.50. The van der Waals surface area contributed by atoms with Crippen LogP contribution in [-0.4, -0.2) is 27.6 Å². The van der Waals surface area contributed by atoms with Gasteiger partial charge in [0.2, 0.25) is 5.90 Å². The summed E-state index contributed by atoms with van der Waals surface area (Å²) in [5.74, 6) is 0.390. The van der Waals surface area contributed by atoms with Crippen LogP contribution >= 0.6 is 11.3 Å². The number of imidazole rings is 1. The molecule has 0 fully saturated rings. The van der Waals surface area contributed by atoms with Gasteiger partial charge in [-0.05, 0) is 57.8 Å². The monoisotopic (exact) mass is 417 g/mol. The summed E-state index contributed by atoms with van der Waals surface area (Å²) in [6.45, 7) is 1.04. The predicted octanol–water partition coefficient (Wildman–Crippen LogP) is 5.21. The SMILES string of the molecule is Fc1cccc(CC2(Cn3ccnc3)COC(c3ccc(-c4ccsc4)cc3)=N2)c1. The molecule has 1 atom stereocenters. The van der Waals surface area contributed by atoms with Crippen molar-refractivity contribution in [2.45, 2.75) is 18.5 Å². The van der Waals surface area contributed by atoms with Crippen molar-refractivity contribution in [2.75, 3.05) is 6.61 Å². The van der Waals surface area contributed by atoms with Crippen LogP contribution in [0.1, 0.15) is 11.1 Å². The van der Waals surface area contributed by atoms with Gasteiger partial charge in [0.05, 0.1) is 12.9 Å². The zero-order valence-corrected chi connectivity index (χ0v) is 17.1. The smallest absolute Gasteiger partial charge is 0.216 e. The van der Waals surface area contributed by atoms with E-state index in [1.165, 1.54) is 17.2 Å². The van der Waals surface area contributed by atoms with Crippen LogP contribution < -0.4 is 0 Å². The Morgan fingerprint density at radius 1 is 1.07 bits per heavy atom. The third-order valence-corrected chi connectivity index (χ3v) is 5.94. The lowest BCUT2D eigenvalue weighted by molar-refractivity contribution is 0.233. The number of nitrogens with zero attached hydrogens (tertiary/aromatic N) is 3. The number of rotatable bonds is 6. The first-order chi connectivity index (χ1) is 14.7. The summed E-state index contributed by atoms with van der Waals surface area (Å²) in [5.41, 5.74) is 3.71. The number of ether oxygens (including phenoxy) is 1. The highest BCUT2D eigenvalue weighted by molar-refractivity contribution is 7.08. The van der Waals surface area contributed by atoms with Crippen molar-refractivity contribution in [3.63, 3.8) is 0 Å². The number of benzene rings is 2. The Morgan fingerprint density at radius 2 is 1.93 bits per heavy atom. The molecule has 0 aliphatic carbocycles. The van der Waals surface area contributed by atoms with Gasteiger partial charge in [0.1, 0.15) is 18.0 Å². The summed E-state index contributed by atoms with van der Waals surface area (Å²) >= 11 is 1.68. The van der Waals surface area contributed by atoms with E-state index in [9.17, 15) is 4.39 Å². The van der Waals surface area contributed by atoms with Crippen molar-refractivity contribution in [1.82, 2.24) is 9.55 Å². The van der Waals surface area contributed by atoms with Crippen molar-refractivity contribution < 1.29 is 9.13 Å². The number of aromatic nitrogens is 2. The van der Waals surface area contributed by atoms with Gasteiger partial charge >= 0.3 is 0 Å². The summed E-state index contributed by atoms with van der Waals surface area (Å²) in [4.78, 5) is 9.15. The van der Waals surface area contributed by atoms with Crippen LogP contribution in [0.25, 0.3) is 11.1 Å². The maximum atomic E-state index is 13.8. The lowest BCUT2D eigenvalue weighted by Gasteiger charge is -2.24. The summed E-state index contributed by atoms with van der Waals surface area (Å²) in [6, 6.07) is 17.1. The fraction of sp³-hybridized carbons (Fsp3) is 0.167. The summed E-state index contributed by atoms with van der Waals surface area (Å²) in [6.07, 6.45) is 6.02. The van der Waals surface area contributed by atoms with Crippen LogP contribution in [0.3, 0.4) is 0 Å². The number of thiophene rings is 1. The summed E-state index contributed by atoms with van der Waals surface area (Å²) < 4.78 is 21.8. The normalized spacial score (nSPS) is 18.2. The molecule has 2 aromatic carbocycles. The molecule has 1 aliphatic rings. The van der Waals surface area contributed by atoms with E-state index in [1.807, 2.05) is 29.0 Å². The van der Waals surface area contributed by atoms with E-state index in [-0.39, 0.29) is 5.82 Å². The minimum Gasteiger partial charge on any atom is -0.475 e. The van der Waals surface area contributed by atoms with E-state index < -0.39 is 5.54 Å². The Kier molecular flexibility index (Phi) is 4.93. The highest BCUT2D eigenvalue weighted by Gasteiger charge is 2.38. The molecule has 2 aromatic heterocycles. The molecule has 0 amide bonds. The van der Waals surface area contributed by atoms with Crippen LogP contribution in [0, 0.1) is 5.82 Å². The minimum absolute atomic E-state index is 0.239. The molecule has 1 unspecified atom stereocenters. The fourth-order valence-electron chi connectivity index (χ4n) is 3.84. The van der Waals surface area contributed by atoms with Crippen LogP contribution in [0.5, 0.6) is 0 Å². The Morgan fingerprint density at radius 3 is 2.67 bits per heavy atom. The Balaban J connectivity index is 1.45. The Bertz CT molecular complexity index is 1150. The molecule has 0 radical (unpaired) electrons. The highest BCUT2D eigenvalue weighted by Crippen LogP contribution is 2.29. The lowest BCUT2D eigenvalue weighted by atomic mass is 9.92. The zero-order chi connectivity index (χ0) is 20.4. The molecule has 150 valence electrons. The first kappa shape index (κ1) is 18.8. The maximum absolute atomic E-state index is 13.8. The molecule has 0 saturated heterocycles. The van der Waals surface area contributed by atoms with Gasteiger partial charge in [-0.25, -0.2) is 14.4 Å². The van der Waals surface area contributed by atoms with Crippen molar-refractivity contribution in [3.8, 4) is 11.1 Å². The van der Waals surface area contributed by atoms with E-state index in [4.69, 9.17) is 9.73 Å². The average molecular weight is 418 g/mol. The van der Waals surface area contributed by atoms with Crippen molar-refractivity contribution in [2.24, 2.45) is 4.99 Å². The first-order valence-electron chi connectivity index (χ1n) is 9.75. The zero-order valence-electron chi connectivity index (χ0n) is 16.2. The topological polar surface area (TPSA) is 39.4 Å². The second-order valence-corrected chi connectivity index (χ2v) is 8.34. The first-order valence-corrected chi connectivity index (χ1v) is 10.7. The largest absolute Gasteiger partial charge is 0.475 e. The van der Waals surface area contributed by atoms with E-state index in [1.54, 1.807) is 36.0 Å². The summed E-state index contributed by atoms with van der Waals surface area (Å²) in [7, 11) is 0. The van der Waals surface area contributed by atoms with Gasteiger partial charge in [-0.15, -0.1) is 0 Å². The van der Waals surface area contributed by atoms with Crippen LogP contribution in [0.4, 0.5) is 4.39 Å². The molecule has 5 rings (SSSR count). The average Bonchev–Trinajstić information content (AvgIpc) is 3.51. The Hall–Kier alpha value is -3.25. The molecule has 6 heteroatoms. The molecular weight excluding hydrogens is 397 g/mol. The molecule has 4 aromatic rings. The third-order valence-electron chi connectivity index (χ3n) is 5.26. The van der Waals surface area contributed by atoms with Gasteiger partial charge in [0.25, 0.3) is 0 Å². The molecule has 1 aliphatic heterocycles. The molecule has 0 bridgehead atoms. The number of aliphatic imine (C=N–C) groups is 1. The van der Waals surface area contributed by atoms with Gasteiger partial charge in [0, 0.05) is 24.4 Å². The van der Waals surface area contributed by atoms with Gasteiger partial charge in [-0.1, -0.05) is 24.3 Å². The van der Waals surface area contributed by atoms with Crippen molar-refractivity contribution >= 4 is 17.2 Å². The molecule has 30 heavy (non-hydrogen) atoms. The molecule has 0 saturated carbocycles. The molecule has 0 N–H and O–H groups in total. The van der Waals surface area contributed by atoms with Crippen LogP contribution in [-0.2, 0) is 17.7 Å².